The van der Waals surface area contributed by atoms with Gasteiger partial charge in [0.1, 0.15) is 0 Å². The van der Waals surface area contributed by atoms with Crippen molar-refractivity contribution in [3.05, 3.63) is 53.9 Å². The number of aliphatic hydroxyl groups is 1. The van der Waals surface area contributed by atoms with Crippen LogP contribution < -0.4 is 9.80 Å². The molecule has 7 nitrogen and oxygen atoms in total. The molecule has 0 bridgehead atoms. The van der Waals surface area contributed by atoms with E-state index in [9.17, 15) is 5.11 Å². The molecule has 1 N–H and O–H groups in total. The summed E-state index contributed by atoms with van der Waals surface area (Å²) in [6.07, 6.45) is 7.07. The fourth-order valence-electron chi connectivity index (χ4n) is 4.54. The van der Waals surface area contributed by atoms with E-state index in [4.69, 9.17) is 0 Å². The van der Waals surface area contributed by atoms with Gasteiger partial charge in [0, 0.05) is 50.2 Å². The van der Waals surface area contributed by atoms with Crippen LogP contribution in [0.4, 0.5) is 11.5 Å². The van der Waals surface area contributed by atoms with Gasteiger partial charge in [0.25, 0.3) is 0 Å². The number of benzene rings is 1. The summed E-state index contributed by atoms with van der Waals surface area (Å²) in [7, 11) is 1.90. The molecule has 0 unspecified atom stereocenters. The van der Waals surface area contributed by atoms with E-state index < -0.39 is 0 Å². The van der Waals surface area contributed by atoms with Crippen molar-refractivity contribution in [2.75, 3.05) is 29.4 Å². The molecule has 1 saturated heterocycles. The van der Waals surface area contributed by atoms with E-state index in [1.165, 1.54) is 11.3 Å². The number of aryl methyl sites for hydroxylation is 1. The molecule has 2 aliphatic heterocycles. The first-order valence-electron chi connectivity index (χ1n) is 10.3. The smallest absolute Gasteiger partial charge is 0.151 e. The van der Waals surface area contributed by atoms with Crippen LogP contribution in [0.1, 0.15) is 24.0 Å². The predicted molar refractivity (Wildman–Crippen MR) is 113 cm³/mol. The molecule has 0 amide bonds. The first-order chi connectivity index (χ1) is 14.2. The molecule has 4 heterocycles. The zero-order valence-corrected chi connectivity index (χ0v) is 16.7. The molecule has 0 atom stereocenters. The lowest BCUT2D eigenvalue weighted by molar-refractivity contribution is 0.282. The van der Waals surface area contributed by atoms with E-state index >= 15 is 0 Å². The summed E-state index contributed by atoms with van der Waals surface area (Å²) in [4.78, 5) is 4.88. The van der Waals surface area contributed by atoms with Crippen molar-refractivity contribution in [2.24, 2.45) is 7.05 Å². The largest absolute Gasteiger partial charge is 0.392 e. The second kappa shape index (κ2) is 7.48. The number of nitrogens with zero attached hydrogens (tertiary/aromatic N) is 6. The zero-order chi connectivity index (χ0) is 19.8. The van der Waals surface area contributed by atoms with Crippen LogP contribution in [0.15, 0.2) is 42.7 Å². The van der Waals surface area contributed by atoms with Crippen LogP contribution in [0, 0.1) is 0 Å². The van der Waals surface area contributed by atoms with Gasteiger partial charge in [0.05, 0.1) is 18.5 Å². The molecule has 0 saturated carbocycles. The Labute approximate surface area is 170 Å². The Morgan fingerprint density at radius 3 is 2.62 bits per heavy atom. The van der Waals surface area contributed by atoms with Crippen molar-refractivity contribution in [2.45, 2.75) is 31.9 Å². The van der Waals surface area contributed by atoms with Crippen LogP contribution >= 0.6 is 0 Å². The van der Waals surface area contributed by atoms with Gasteiger partial charge in [-0.2, -0.15) is 5.10 Å². The Kier molecular flexibility index (Phi) is 4.67. The standard InChI is InChI=1S/C22H26N6O/c1-26-14-18(13-23-26)20-4-5-22(25-24-20)27-9-7-19(8-10-27)28-11-6-17-3-2-16(15-29)12-21(17)28/h2-5,12-14,19,29H,6-11,15H2,1H3. The first-order valence-corrected chi connectivity index (χ1v) is 10.3. The van der Waals surface area contributed by atoms with Gasteiger partial charge in [-0.1, -0.05) is 12.1 Å². The van der Waals surface area contributed by atoms with Gasteiger partial charge in [-0.15, -0.1) is 10.2 Å². The SMILES string of the molecule is Cn1cc(-c2ccc(N3CCC(N4CCc5ccc(CO)cc54)CC3)nn2)cn1. The lowest BCUT2D eigenvalue weighted by atomic mass is 10.0. The molecule has 2 aromatic heterocycles. The highest BCUT2D eigenvalue weighted by molar-refractivity contribution is 5.61. The van der Waals surface area contributed by atoms with Crippen molar-refractivity contribution < 1.29 is 5.11 Å². The maximum atomic E-state index is 9.48. The highest BCUT2D eigenvalue weighted by Crippen LogP contribution is 2.34. The minimum Gasteiger partial charge on any atom is -0.392 e. The summed E-state index contributed by atoms with van der Waals surface area (Å²) < 4.78 is 1.77. The minimum absolute atomic E-state index is 0.104. The molecule has 7 heteroatoms. The number of hydrogen-bond donors (Lipinski definition) is 1. The van der Waals surface area contributed by atoms with Crippen LogP contribution in [0.3, 0.4) is 0 Å². The lowest BCUT2D eigenvalue weighted by Crippen LogP contribution is -2.44. The van der Waals surface area contributed by atoms with E-state index in [-0.39, 0.29) is 6.61 Å². The van der Waals surface area contributed by atoms with Crippen LogP contribution in [0.2, 0.25) is 0 Å². The number of fused-ring (bicyclic) bond motifs is 1. The van der Waals surface area contributed by atoms with Gasteiger partial charge in [-0.25, -0.2) is 0 Å². The Morgan fingerprint density at radius 1 is 1.07 bits per heavy atom. The summed E-state index contributed by atoms with van der Waals surface area (Å²) in [6, 6.07) is 11.0. The Morgan fingerprint density at radius 2 is 1.93 bits per heavy atom. The molecule has 2 aliphatic rings. The van der Waals surface area contributed by atoms with Gasteiger partial charge in [-0.05, 0) is 48.6 Å². The zero-order valence-electron chi connectivity index (χ0n) is 16.7. The Balaban J connectivity index is 1.25. The third kappa shape index (κ3) is 3.46. The minimum atomic E-state index is 0.104. The molecule has 29 heavy (non-hydrogen) atoms. The fourth-order valence-corrected chi connectivity index (χ4v) is 4.54. The molecule has 0 spiro atoms. The van der Waals surface area contributed by atoms with Crippen molar-refractivity contribution in [3.8, 4) is 11.3 Å². The van der Waals surface area contributed by atoms with E-state index in [2.05, 4.69) is 43.3 Å². The third-order valence-corrected chi connectivity index (χ3v) is 6.14. The molecule has 1 fully saturated rings. The molecular formula is C22H26N6O. The van der Waals surface area contributed by atoms with Crippen molar-refractivity contribution in [1.82, 2.24) is 20.0 Å². The van der Waals surface area contributed by atoms with Crippen molar-refractivity contribution >= 4 is 11.5 Å². The van der Waals surface area contributed by atoms with Gasteiger partial charge in [-0.3, -0.25) is 4.68 Å². The average Bonchev–Trinajstić information content (AvgIpc) is 3.40. The second-order valence-corrected chi connectivity index (χ2v) is 7.96. The van der Waals surface area contributed by atoms with Crippen LogP contribution in [-0.4, -0.2) is 50.8 Å². The highest BCUT2D eigenvalue weighted by atomic mass is 16.3. The van der Waals surface area contributed by atoms with Gasteiger partial charge in [0.2, 0.25) is 0 Å². The Hall–Kier alpha value is -2.93. The highest BCUT2D eigenvalue weighted by Gasteiger charge is 2.29. The number of rotatable bonds is 4. The van der Waals surface area contributed by atoms with Crippen molar-refractivity contribution in [1.29, 1.82) is 0 Å². The predicted octanol–water partition coefficient (Wildman–Crippen LogP) is 2.40. The number of anilines is 2. The summed E-state index contributed by atoms with van der Waals surface area (Å²) in [5.41, 5.74) is 5.56. The molecule has 0 aliphatic carbocycles. The van der Waals surface area contributed by atoms with Crippen LogP contribution in [0.25, 0.3) is 11.3 Å². The monoisotopic (exact) mass is 390 g/mol. The van der Waals surface area contributed by atoms with Crippen LogP contribution in [0.5, 0.6) is 0 Å². The number of aliphatic hydroxyl groups excluding tert-OH is 1. The number of aromatic nitrogens is 4. The molecule has 0 radical (unpaired) electrons. The van der Waals surface area contributed by atoms with Crippen LogP contribution in [-0.2, 0) is 20.1 Å². The molecule has 3 aromatic rings. The average molecular weight is 390 g/mol. The quantitative estimate of drug-likeness (QED) is 0.738. The van der Waals surface area contributed by atoms with Gasteiger partial charge >= 0.3 is 0 Å². The molecule has 150 valence electrons. The van der Waals surface area contributed by atoms with E-state index in [1.54, 1.807) is 4.68 Å². The second-order valence-electron chi connectivity index (χ2n) is 7.96. The first kappa shape index (κ1) is 18.1. The maximum absolute atomic E-state index is 9.48. The summed E-state index contributed by atoms with van der Waals surface area (Å²) in [5.74, 6) is 0.945. The number of hydrogen-bond acceptors (Lipinski definition) is 6. The third-order valence-electron chi connectivity index (χ3n) is 6.14. The Bertz CT molecular complexity index is 991. The van der Waals surface area contributed by atoms with Gasteiger partial charge < -0.3 is 14.9 Å². The molecular weight excluding hydrogens is 364 g/mol. The fraction of sp³-hybridized carbons (Fsp3) is 0.409. The normalized spacial score (nSPS) is 17.0. The van der Waals surface area contributed by atoms with E-state index in [0.717, 1.165) is 61.5 Å². The number of piperidine rings is 1. The summed E-state index contributed by atoms with van der Waals surface area (Å²) in [5, 5.41) is 22.5. The van der Waals surface area contributed by atoms with E-state index in [0.29, 0.717) is 6.04 Å². The lowest BCUT2D eigenvalue weighted by Gasteiger charge is -2.38. The van der Waals surface area contributed by atoms with E-state index in [1.807, 2.05) is 31.6 Å². The summed E-state index contributed by atoms with van der Waals surface area (Å²) in [6.45, 7) is 3.15. The maximum Gasteiger partial charge on any atom is 0.151 e. The van der Waals surface area contributed by atoms with Crippen molar-refractivity contribution in [3.63, 3.8) is 0 Å². The molecule has 5 rings (SSSR count). The summed E-state index contributed by atoms with van der Waals surface area (Å²) >= 11 is 0. The van der Waals surface area contributed by atoms with Gasteiger partial charge in [0.15, 0.2) is 5.82 Å². The topological polar surface area (TPSA) is 70.3 Å². The molecule has 1 aromatic carbocycles.